The van der Waals surface area contributed by atoms with Crippen LogP contribution < -0.4 is 5.32 Å². The molecule has 0 amide bonds. The molecule has 3 saturated carbocycles. The molecule has 104 valence electrons. The maximum absolute atomic E-state index is 5.98. The SMILES string of the molecule is c1nc(CCCNC2CC2)oc1C1C2CCCCC21. The number of aromatic nitrogens is 1. The van der Waals surface area contributed by atoms with Crippen LogP contribution in [0.15, 0.2) is 10.6 Å². The van der Waals surface area contributed by atoms with Crippen molar-refractivity contribution in [3.63, 3.8) is 0 Å². The first-order chi connectivity index (χ1) is 9.42. The summed E-state index contributed by atoms with van der Waals surface area (Å²) in [6.07, 6.45) is 12.5. The molecule has 4 rings (SSSR count). The van der Waals surface area contributed by atoms with Crippen LogP contribution in [0.25, 0.3) is 0 Å². The number of hydrogen-bond donors (Lipinski definition) is 1. The molecule has 0 radical (unpaired) electrons. The predicted molar refractivity (Wildman–Crippen MR) is 74.0 cm³/mol. The molecule has 0 bridgehead atoms. The van der Waals surface area contributed by atoms with E-state index in [1.54, 1.807) is 0 Å². The number of nitrogens with one attached hydrogen (secondary N) is 1. The number of hydrogen-bond acceptors (Lipinski definition) is 3. The monoisotopic (exact) mass is 260 g/mol. The zero-order valence-electron chi connectivity index (χ0n) is 11.6. The van der Waals surface area contributed by atoms with Crippen LogP contribution in [0.1, 0.15) is 62.5 Å². The molecule has 2 unspecified atom stereocenters. The molecule has 3 aliphatic rings. The van der Waals surface area contributed by atoms with Crippen molar-refractivity contribution in [3.8, 4) is 0 Å². The molecule has 0 saturated heterocycles. The molecule has 3 nitrogen and oxygen atoms in total. The Hall–Kier alpha value is -0.830. The molecule has 1 N–H and O–H groups in total. The van der Waals surface area contributed by atoms with E-state index in [9.17, 15) is 0 Å². The number of nitrogens with zero attached hydrogens (tertiary/aromatic N) is 1. The highest BCUT2D eigenvalue weighted by molar-refractivity contribution is 5.18. The largest absolute Gasteiger partial charge is 0.445 e. The van der Waals surface area contributed by atoms with Gasteiger partial charge in [-0.2, -0.15) is 0 Å². The van der Waals surface area contributed by atoms with E-state index in [2.05, 4.69) is 10.3 Å². The zero-order valence-corrected chi connectivity index (χ0v) is 11.6. The smallest absolute Gasteiger partial charge is 0.194 e. The molecule has 0 spiro atoms. The topological polar surface area (TPSA) is 38.1 Å². The van der Waals surface area contributed by atoms with Crippen LogP contribution in [0.2, 0.25) is 0 Å². The number of fused-ring (bicyclic) bond motifs is 1. The Morgan fingerprint density at radius 2 is 1.95 bits per heavy atom. The lowest BCUT2D eigenvalue weighted by Gasteiger charge is -2.04. The van der Waals surface area contributed by atoms with Crippen molar-refractivity contribution in [2.24, 2.45) is 11.8 Å². The van der Waals surface area contributed by atoms with Crippen LogP contribution in [0, 0.1) is 11.8 Å². The maximum Gasteiger partial charge on any atom is 0.194 e. The first-order valence-corrected chi connectivity index (χ1v) is 8.10. The number of aryl methyl sites for hydroxylation is 1. The second kappa shape index (κ2) is 4.93. The minimum atomic E-state index is 0.716. The van der Waals surface area contributed by atoms with Gasteiger partial charge in [-0.25, -0.2) is 4.98 Å². The molecule has 3 heteroatoms. The van der Waals surface area contributed by atoms with Crippen LogP contribution in [-0.2, 0) is 6.42 Å². The van der Waals surface area contributed by atoms with E-state index in [1.165, 1.54) is 44.3 Å². The average molecular weight is 260 g/mol. The Morgan fingerprint density at radius 1 is 1.16 bits per heavy atom. The van der Waals surface area contributed by atoms with Crippen molar-refractivity contribution in [2.45, 2.75) is 63.3 Å². The van der Waals surface area contributed by atoms with E-state index in [1.807, 2.05) is 6.20 Å². The van der Waals surface area contributed by atoms with E-state index in [0.29, 0.717) is 5.92 Å². The first kappa shape index (κ1) is 12.0. The van der Waals surface area contributed by atoms with Gasteiger partial charge in [-0.15, -0.1) is 0 Å². The van der Waals surface area contributed by atoms with Gasteiger partial charge in [0.15, 0.2) is 5.89 Å². The van der Waals surface area contributed by atoms with Crippen LogP contribution in [0.5, 0.6) is 0 Å². The van der Waals surface area contributed by atoms with E-state index in [0.717, 1.165) is 43.2 Å². The quantitative estimate of drug-likeness (QED) is 0.798. The third-order valence-electron chi connectivity index (χ3n) is 5.13. The maximum atomic E-state index is 5.98. The van der Waals surface area contributed by atoms with Gasteiger partial charge in [0.1, 0.15) is 5.76 Å². The first-order valence-electron chi connectivity index (χ1n) is 8.10. The minimum absolute atomic E-state index is 0.716. The summed E-state index contributed by atoms with van der Waals surface area (Å²) in [4.78, 5) is 4.47. The molecule has 0 aromatic carbocycles. The van der Waals surface area contributed by atoms with Gasteiger partial charge in [-0.1, -0.05) is 12.8 Å². The van der Waals surface area contributed by atoms with Crippen molar-refractivity contribution < 1.29 is 4.42 Å². The van der Waals surface area contributed by atoms with Gasteiger partial charge < -0.3 is 9.73 Å². The Morgan fingerprint density at radius 3 is 2.68 bits per heavy atom. The van der Waals surface area contributed by atoms with E-state index in [-0.39, 0.29) is 0 Å². The normalized spacial score (nSPS) is 33.2. The predicted octanol–water partition coefficient (Wildman–Crippen LogP) is 3.26. The fourth-order valence-corrected chi connectivity index (χ4v) is 3.84. The van der Waals surface area contributed by atoms with Gasteiger partial charge >= 0.3 is 0 Å². The van der Waals surface area contributed by atoms with E-state index in [4.69, 9.17) is 4.42 Å². The molecular weight excluding hydrogens is 236 g/mol. The third kappa shape index (κ3) is 2.58. The summed E-state index contributed by atoms with van der Waals surface area (Å²) in [6, 6.07) is 0.815. The molecular formula is C16H24N2O. The van der Waals surface area contributed by atoms with E-state index >= 15 is 0 Å². The highest BCUT2D eigenvalue weighted by Crippen LogP contribution is 2.61. The molecule has 3 fully saturated rings. The highest BCUT2D eigenvalue weighted by atomic mass is 16.4. The molecule has 3 aliphatic carbocycles. The summed E-state index contributed by atoms with van der Waals surface area (Å²) in [7, 11) is 0. The molecule has 1 aromatic rings. The standard InChI is InChI=1S/C16H24N2O/c1-2-5-13-12(4-1)16(13)14-10-18-15(19-14)6-3-9-17-11-7-8-11/h10-13,16-17H,1-9H2. The molecule has 1 aromatic heterocycles. The van der Waals surface area contributed by atoms with Crippen LogP contribution in [0.4, 0.5) is 0 Å². The summed E-state index contributed by atoms with van der Waals surface area (Å²) in [5.74, 6) is 4.70. The van der Waals surface area contributed by atoms with Crippen LogP contribution in [0.3, 0.4) is 0 Å². The highest BCUT2D eigenvalue weighted by Gasteiger charge is 2.53. The second-order valence-corrected chi connectivity index (χ2v) is 6.63. The average Bonchev–Trinajstić information content (AvgIpc) is 3.34. The van der Waals surface area contributed by atoms with Gasteiger partial charge in [-0.3, -0.25) is 0 Å². The third-order valence-corrected chi connectivity index (χ3v) is 5.13. The minimum Gasteiger partial charge on any atom is -0.445 e. The fourth-order valence-electron chi connectivity index (χ4n) is 3.84. The molecule has 1 heterocycles. The number of oxazole rings is 1. The fraction of sp³-hybridized carbons (Fsp3) is 0.812. The van der Waals surface area contributed by atoms with Crippen molar-refractivity contribution in [2.75, 3.05) is 6.54 Å². The van der Waals surface area contributed by atoms with Crippen molar-refractivity contribution in [3.05, 3.63) is 17.8 Å². The van der Waals surface area contributed by atoms with Gasteiger partial charge in [-0.05, 0) is 50.5 Å². The molecule has 2 atom stereocenters. The summed E-state index contributed by atoms with van der Waals surface area (Å²) in [5, 5.41) is 3.54. The Kier molecular flexibility index (Phi) is 3.10. The van der Waals surface area contributed by atoms with Crippen molar-refractivity contribution >= 4 is 0 Å². The summed E-state index contributed by atoms with van der Waals surface area (Å²) < 4.78 is 5.98. The van der Waals surface area contributed by atoms with E-state index < -0.39 is 0 Å². The van der Waals surface area contributed by atoms with Gasteiger partial charge in [0, 0.05) is 18.4 Å². The van der Waals surface area contributed by atoms with Crippen molar-refractivity contribution in [1.29, 1.82) is 0 Å². The van der Waals surface area contributed by atoms with Gasteiger partial charge in [0.25, 0.3) is 0 Å². The Labute approximate surface area is 115 Å². The Balaban J connectivity index is 1.27. The lowest BCUT2D eigenvalue weighted by Crippen LogP contribution is -2.17. The van der Waals surface area contributed by atoms with Crippen LogP contribution in [-0.4, -0.2) is 17.6 Å². The summed E-state index contributed by atoms with van der Waals surface area (Å²) >= 11 is 0. The van der Waals surface area contributed by atoms with Crippen LogP contribution >= 0.6 is 0 Å². The lowest BCUT2D eigenvalue weighted by molar-refractivity contribution is 0.440. The molecule has 19 heavy (non-hydrogen) atoms. The summed E-state index contributed by atoms with van der Waals surface area (Å²) in [5.41, 5.74) is 0. The zero-order chi connectivity index (χ0) is 12.7. The Bertz CT molecular complexity index is 426. The molecule has 0 aliphatic heterocycles. The summed E-state index contributed by atoms with van der Waals surface area (Å²) in [6.45, 7) is 1.11. The van der Waals surface area contributed by atoms with Crippen molar-refractivity contribution in [1.82, 2.24) is 10.3 Å². The second-order valence-electron chi connectivity index (χ2n) is 6.63. The number of rotatable bonds is 6. The van der Waals surface area contributed by atoms with Gasteiger partial charge in [0.05, 0.1) is 6.20 Å². The lowest BCUT2D eigenvalue weighted by atomic mass is 10.0. The van der Waals surface area contributed by atoms with Gasteiger partial charge in [0.2, 0.25) is 0 Å².